The Balaban J connectivity index is 1.99. The van der Waals surface area contributed by atoms with Crippen molar-refractivity contribution < 1.29 is 9.59 Å². The molecule has 2 heterocycles. The highest BCUT2D eigenvalue weighted by atomic mass is 35.5. The van der Waals surface area contributed by atoms with E-state index in [0.717, 1.165) is 28.0 Å². The van der Waals surface area contributed by atoms with Gasteiger partial charge in [-0.2, -0.15) is 0 Å². The van der Waals surface area contributed by atoms with Gasteiger partial charge in [-0.1, -0.05) is 11.6 Å². The molecule has 0 radical (unpaired) electrons. The van der Waals surface area contributed by atoms with Gasteiger partial charge in [-0.15, -0.1) is 0 Å². The molecule has 0 saturated carbocycles. The molecule has 0 N–H and O–H groups in total. The summed E-state index contributed by atoms with van der Waals surface area (Å²) in [5.74, 6) is -0.270. The molecule has 2 aromatic rings. The number of hydrogen-bond acceptors (Lipinski definition) is 3. The molecule has 1 fully saturated rings. The van der Waals surface area contributed by atoms with Gasteiger partial charge >= 0.3 is 0 Å². The van der Waals surface area contributed by atoms with Gasteiger partial charge in [0.1, 0.15) is 0 Å². The maximum absolute atomic E-state index is 11.9. The van der Waals surface area contributed by atoms with E-state index in [0.29, 0.717) is 9.93 Å². The third kappa shape index (κ3) is 2.62. The van der Waals surface area contributed by atoms with Gasteiger partial charge in [-0.3, -0.25) is 14.5 Å². The maximum Gasteiger partial charge on any atom is 0.293 e. The Morgan fingerprint density at radius 2 is 1.86 bits per heavy atom. The summed E-state index contributed by atoms with van der Waals surface area (Å²) < 4.78 is 1.93. The van der Waals surface area contributed by atoms with Crippen LogP contribution in [-0.4, -0.2) is 27.7 Å². The van der Waals surface area contributed by atoms with E-state index < -0.39 is 0 Å². The van der Waals surface area contributed by atoms with Crippen LogP contribution in [0.3, 0.4) is 0 Å². The molecule has 4 nitrogen and oxygen atoms in total. The fraction of sp³-hybridized carbons (Fsp3) is 0.0667. The summed E-state index contributed by atoms with van der Waals surface area (Å²) in [7, 11) is 1.48. The molecule has 1 saturated heterocycles. The summed E-state index contributed by atoms with van der Waals surface area (Å²) in [6.07, 6.45) is 3.62. The summed E-state index contributed by atoms with van der Waals surface area (Å²) in [5, 5.41) is 0.412. The van der Waals surface area contributed by atoms with Crippen molar-refractivity contribution in [3.8, 4) is 5.69 Å². The van der Waals surface area contributed by atoms with E-state index in [4.69, 9.17) is 11.6 Å². The largest absolute Gasteiger partial charge is 0.317 e. The molecule has 0 bridgehead atoms. The number of rotatable bonds is 2. The number of hydrogen-bond donors (Lipinski definition) is 0. The number of halogens is 1. The Morgan fingerprint density at radius 3 is 2.48 bits per heavy atom. The second-order valence-corrected chi connectivity index (χ2v) is 5.95. The van der Waals surface area contributed by atoms with Crippen molar-refractivity contribution in [2.24, 2.45) is 0 Å². The van der Waals surface area contributed by atoms with Gasteiger partial charge in [-0.05, 0) is 54.2 Å². The molecule has 1 aromatic heterocycles. The maximum atomic E-state index is 11.9. The minimum absolute atomic E-state index is 0.254. The molecule has 1 aliphatic rings. The fourth-order valence-corrected chi connectivity index (χ4v) is 2.97. The number of imide groups is 1. The lowest BCUT2D eigenvalue weighted by atomic mass is 10.3. The van der Waals surface area contributed by atoms with Crippen LogP contribution >= 0.6 is 23.4 Å². The number of thioether (sulfide) groups is 1. The number of carbonyl (C=O) groups excluding carboxylic acids is 2. The van der Waals surface area contributed by atoms with Gasteiger partial charge in [-0.25, -0.2) is 0 Å². The molecule has 1 aliphatic heterocycles. The number of carbonyl (C=O) groups is 2. The third-order valence-corrected chi connectivity index (χ3v) is 4.36. The fourth-order valence-electron chi connectivity index (χ4n) is 2.03. The van der Waals surface area contributed by atoms with E-state index in [1.807, 2.05) is 35.0 Å². The number of amides is 2. The smallest absolute Gasteiger partial charge is 0.293 e. The lowest BCUT2D eigenvalue weighted by molar-refractivity contribution is -0.121. The van der Waals surface area contributed by atoms with Gasteiger partial charge in [0.25, 0.3) is 11.1 Å². The molecule has 0 aliphatic carbocycles. The average Bonchev–Trinajstić information content (AvgIpc) is 3.02. The van der Waals surface area contributed by atoms with Crippen molar-refractivity contribution in [3.63, 3.8) is 0 Å². The van der Waals surface area contributed by atoms with Gasteiger partial charge in [0, 0.05) is 29.6 Å². The Bertz CT molecular complexity index is 749. The molecule has 0 atom stereocenters. The van der Waals surface area contributed by atoms with Crippen LogP contribution in [0.15, 0.2) is 47.5 Å². The van der Waals surface area contributed by atoms with E-state index in [9.17, 15) is 9.59 Å². The number of nitrogens with zero attached hydrogens (tertiary/aromatic N) is 2. The molecular weight excluding hydrogens is 308 g/mol. The van der Waals surface area contributed by atoms with Crippen LogP contribution in [0.5, 0.6) is 0 Å². The first kappa shape index (κ1) is 14.0. The molecule has 106 valence electrons. The molecule has 0 unspecified atom stereocenters. The van der Waals surface area contributed by atoms with Crippen LogP contribution in [-0.2, 0) is 4.79 Å². The first-order valence-electron chi connectivity index (χ1n) is 6.21. The lowest BCUT2D eigenvalue weighted by Gasteiger charge is -2.07. The number of likely N-dealkylation sites (N-methyl/N-ethyl adjacent to an activating group) is 1. The quantitative estimate of drug-likeness (QED) is 0.791. The van der Waals surface area contributed by atoms with Crippen LogP contribution in [0.4, 0.5) is 4.79 Å². The predicted molar refractivity (Wildman–Crippen MR) is 84.5 cm³/mol. The zero-order valence-electron chi connectivity index (χ0n) is 11.1. The molecule has 2 amide bonds. The number of benzene rings is 1. The third-order valence-electron chi connectivity index (χ3n) is 3.15. The zero-order chi connectivity index (χ0) is 15.0. The van der Waals surface area contributed by atoms with Crippen LogP contribution in [0.25, 0.3) is 11.8 Å². The SMILES string of the molecule is CN1C(=O)S/C(=C\c2cccn2-c2ccc(Cl)cc2)C1=O. The molecule has 0 spiro atoms. The Hall–Kier alpha value is -1.98. The van der Waals surface area contributed by atoms with Crippen LogP contribution < -0.4 is 0 Å². The van der Waals surface area contributed by atoms with Crippen LogP contribution in [0.2, 0.25) is 5.02 Å². The van der Waals surface area contributed by atoms with Gasteiger partial charge < -0.3 is 4.57 Å². The topological polar surface area (TPSA) is 42.3 Å². The van der Waals surface area contributed by atoms with E-state index in [-0.39, 0.29) is 11.1 Å². The van der Waals surface area contributed by atoms with Gasteiger partial charge in [0.05, 0.1) is 4.91 Å². The van der Waals surface area contributed by atoms with Crippen molar-refractivity contribution in [1.29, 1.82) is 0 Å². The molecular formula is C15H11ClN2O2S. The second-order valence-electron chi connectivity index (χ2n) is 4.52. The van der Waals surface area contributed by atoms with Crippen molar-refractivity contribution in [2.45, 2.75) is 0 Å². The molecule has 6 heteroatoms. The van der Waals surface area contributed by atoms with Gasteiger partial charge in [0.2, 0.25) is 0 Å². The highest BCUT2D eigenvalue weighted by Gasteiger charge is 2.31. The lowest BCUT2D eigenvalue weighted by Crippen LogP contribution is -2.22. The second kappa shape index (κ2) is 5.42. The average molecular weight is 319 g/mol. The summed E-state index contributed by atoms with van der Waals surface area (Å²) >= 11 is 6.84. The van der Waals surface area contributed by atoms with E-state index in [2.05, 4.69) is 0 Å². The predicted octanol–water partition coefficient (Wildman–Crippen LogP) is 3.80. The Kier molecular flexibility index (Phi) is 3.61. The molecule has 3 rings (SSSR count). The summed E-state index contributed by atoms with van der Waals surface area (Å²) in [4.78, 5) is 25.0. The van der Waals surface area contributed by atoms with Crippen molar-refractivity contribution >= 4 is 40.6 Å². The first-order chi connectivity index (χ1) is 10.1. The monoisotopic (exact) mass is 318 g/mol. The van der Waals surface area contributed by atoms with Crippen molar-refractivity contribution in [1.82, 2.24) is 9.47 Å². The van der Waals surface area contributed by atoms with Crippen molar-refractivity contribution in [3.05, 3.63) is 58.2 Å². The normalized spacial score (nSPS) is 17.0. The summed E-state index contributed by atoms with van der Waals surface area (Å²) in [6.45, 7) is 0. The summed E-state index contributed by atoms with van der Waals surface area (Å²) in [5.41, 5.74) is 1.77. The molecule has 21 heavy (non-hydrogen) atoms. The minimum atomic E-state index is -0.270. The highest BCUT2D eigenvalue weighted by Crippen LogP contribution is 2.31. The minimum Gasteiger partial charge on any atom is -0.317 e. The van der Waals surface area contributed by atoms with Crippen LogP contribution in [0, 0.1) is 0 Å². The first-order valence-corrected chi connectivity index (χ1v) is 7.40. The summed E-state index contributed by atoms with van der Waals surface area (Å²) in [6, 6.07) is 11.2. The Labute approximate surface area is 131 Å². The number of aromatic nitrogens is 1. The van der Waals surface area contributed by atoms with Crippen molar-refractivity contribution in [2.75, 3.05) is 7.05 Å². The molecule has 1 aromatic carbocycles. The van der Waals surface area contributed by atoms with E-state index >= 15 is 0 Å². The standard InChI is InChI=1S/C15H11ClN2O2S/c1-17-14(19)13(21-15(17)20)9-12-3-2-8-18(12)11-6-4-10(16)5-7-11/h2-9H,1H3/b13-9-. The van der Waals surface area contributed by atoms with E-state index in [1.54, 1.807) is 18.2 Å². The van der Waals surface area contributed by atoms with Gasteiger partial charge in [0.15, 0.2) is 0 Å². The van der Waals surface area contributed by atoms with E-state index in [1.165, 1.54) is 7.05 Å². The zero-order valence-corrected chi connectivity index (χ0v) is 12.7. The van der Waals surface area contributed by atoms with Crippen LogP contribution in [0.1, 0.15) is 5.69 Å². The highest BCUT2D eigenvalue weighted by molar-refractivity contribution is 8.18. The Morgan fingerprint density at radius 1 is 1.14 bits per heavy atom.